The van der Waals surface area contributed by atoms with Gasteiger partial charge < -0.3 is 14.3 Å². The van der Waals surface area contributed by atoms with Gasteiger partial charge in [0.2, 0.25) is 5.95 Å². The lowest BCUT2D eigenvalue weighted by Gasteiger charge is -2.10. The summed E-state index contributed by atoms with van der Waals surface area (Å²) in [6.07, 6.45) is 7.31. The lowest BCUT2D eigenvalue weighted by molar-refractivity contribution is 0.517. The molecule has 156 valence electrons. The van der Waals surface area contributed by atoms with Crippen LogP contribution >= 0.6 is 0 Å². The van der Waals surface area contributed by atoms with Crippen molar-refractivity contribution in [3.8, 4) is 11.1 Å². The van der Waals surface area contributed by atoms with Gasteiger partial charge in [-0.2, -0.15) is 0 Å². The summed E-state index contributed by atoms with van der Waals surface area (Å²) in [5.41, 5.74) is 5.22. The number of benzene rings is 2. The lowest BCUT2D eigenvalue weighted by Crippen LogP contribution is -2.06. The molecule has 0 saturated carbocycles. The van der Waals surface area contributed by atoms with Crippen molar-refractivity contribution >= 4 is 22.5 Å². The first kappa shape index (κ1) is 18.4. The van der Waals surface area contributed by atoms with Crippen LogP contribution in [0.25, 0.3) is 27.7 Å². The van der Waals surface area contributed by atoms with Crippen molar-refractivity contribution < 1.29 is 4.42 Å². The standard InChI is InChI=1S/C25H20N6O/c1-2-5-18(6-3-1)16-30-11-10-20-13-19(8-9-23(20)30)22-15-27-25(31-17-28-29-24(22)31)26-14-21-7-4-12-32-21/h1-13,15,17H,14,16H2,(H,26,27). The van der Waals surface area contributed by atoms with E-state index in [2.05, 4.69) is 79.8 Å². The summed E-state index contributed by atoms with van der Waals surface area (Å²) in [4.78, 5) is 4.62. The van der Waals surface area contributed by atoms with E-state index in [9.17, 15) is 0 Å². The molecule has 1 N–H and O–H groups in total. The van der Waals surface area contributed by atoms with Gasteiger partial charge in [0.05, 0.1) is 12.8 Å². The number of rotatable bonds is 6. The van der Waals surface area contributed by atoms with Gasteiger partial charge in [0.25, 0.3) is 0 Å². The Hall–Kier alpha value is -4.39. The second kappa shape index (κ2) is 7.70. The molecule has 6 aromatic rings. The second-order valence-electron chi connectivity index (χ2n) is 7.66. The Kier molecular flexibility index (Phi) is 4.42. The third kappa shape index (κ3) is 3.30. The third-order valence-corrected chi connectivity index (χ3v) is 5.61. The van der Waals surface area contributed by atoms with Crippen LogP contribution in [0.15, 0.2) is 96.1 Å². The highest BCUT2D eigenvalue weighted by molar-refractivity contribution is 5.88. The van der Waals surface area contributed by atoms with Crippen molar-refractivity contribution in [2.24, 2.45) is 0 Å². The van der Waals surface area contributed by atoms with Gasteiger partial charge in [-0.3, -0.25) is 4.40 Å². The highest BCUT2D eigenvalue weighted by Crippen LogP contribution is 2.28. The first-order valence-electron chi connectivity index (χ1n) is 10.4. The van der Waals surface area contributed by atoms with Crippen LogP contribution in [0.2, 0.25) is 0 Å². The maximum absolute atomic E-state index is 5.39. The SMILES string of the molecule is c1ccc(Cn2ccc3cc(-c4cnc(NCc5ccco5)n5cnnc45)ccc32)cc1. The van der Waals surface area contributed by atoms with Crippen LogP contribution in [0.3, 0.4) is 0 Å². The van der Waals surface area contributed by atoms with Gasteiger partial charge in [0, 0.05) is 35.4 Å². The largest absolute Gasteiger partial charge is 0.467 e. The molecule has 0 aliphatic carbocycles. The summed E-state index contributed by atoms with van der Waals surface area (Å²) in [5.74, 6) is 1.50. The Morgan fingerprint density at radius 3 is 2.78 bits per heavy atom. The maximum Gasteiger partial charge on any atom is 0.210 e. The topological polar surface area (TPSA) is 73.2 Å². The molecule has 0 saturated heterocycles. The zero-order chi connectivity index (χ0) is 21.3. The Labute approximate surface area is 184 Å². The minimum Gasteiger partial charge on any atom is -0.467 e. The van der Waals surface area contributed by atoms with Crippen LogP contribution in [0.4, 0.5) is 5.95 Å². The molecule has 2 aromatic carbocycles. The lowest BCUT2D eigenvalue weighted by atomic mass is 10.1. The van der Waals surface area contributed by atoms with E-state index in [1.807, 2.05) is 28.8 Å². The highest BCUT2D eigenvalue weighted by atomic mass is 16.3. The van der Waals surface area contributed by atoms with Crippen LogP contribution in [0.1, 0.15) is 11.3 Å². The fraction of sp³-hybridized carbons (Fsp3) is 0.0800. The molecule has 0 aliphatic heterocycles. The fourth-order valence-corrected chi connectivity index (χ4v) is 4.02. The molecule has 0 atom stereocenters. The smallest absolute Gasteiger partial charge is 0.210 e. The monoisotopic (exact) mass is 420 g/mol. The summed E-state index contributed by atoms with van der Waals surface area (Å²) in [6.45, 7) is 1.38. The molecule has 32 heavy (non-hydrogen) atoms. The van der Waals surface area contributed by atoms with Crippen LogP contribution in [-0.4, -0.2) is 24.1 Å². The predicted octanol–water partition coefficient (Wildman–Crippen LogP) is 5.00. The zero-order valence-corrected chi connectivity index (χ0v) is 17.2. The molecule has 4 aromatic heterocycles. The second-order valence-corrected chi connectivity index (χ2v) is 7.66. The summed E-state index contributed by atoms with van der Waals surface area (Å²) in [5, 5.41) is 12.9. The van der Waals surface area contributed by atoms with Crippen molar-refractivity contribution in [2.75, 3.05) is 5.32 Å². The molecule has 0 amide bonds. The average Bonchev–Trinajstić information content (AvgIpc) is 3.59. The normalized spacial score (nSPS) is 11.4. The Bertz CT molecular complexity index is 1500. The Balaban J connectivity index is 1.33. The molecule has 0 aliphatic rings. The summed E-state index contributed by atoms with van der Waals surface area (Å²) >= 11 is 0. The minimum atomic E-state index is 0.535. The summed E-state index contributed by atoms with van der Waals surface area (Å²) in [7, 11) is 0. The molecule has 7 heteroatoms. The van der Waals surface area contributed by atoms with E-state index < -0.39 is 0 Å². The number of furan rings is 1. The number of hydrogen-bond donors (Lipinski definition) is 1. The molecule has 4 heterocycles. The first-order chi connectivity index (χ1) is 15.8. The van der Waals surface area contributed by atoms with Crippen LogP contribution in [-0.2, 0) is 13.1 Å². The van der Waals surface area contributed by atoms with E-state index in [-0.39, 0.29) is 0 Å². The van der Waals surface area contributed by atoms with Gasteiger partial charge in [-0.25, -0.2) is 4.98 Å². The molecule has 0 unspecified atom stereocenters. The number of hydrogen-bond acceptors (Lipinski definition) is 5. The highest BCUT2D eigenvalue weighted by Gasteiger charge is 2.13. The van der Waals surface area contributed by atoms with E-state index in [1.54, 1.807) is 12.6 Å². The molecule has 0 bridgehead atoms. The maximum atomic E-state index is 5.39. The van der Waals surface area contributed by atoms with Gasteiger partial charge in [0.15, 0.2) is 5.65 Å². The van der Waals surface area contributed by atoms with Gasteiger partial charge >= 0.3 is 0 Å². The fourth-order valence-electron chi connectivity index (χ4n) is 4.02. The van der Waals surface area contributed by atoms with Crippen molar-refractivity contribution in [1.82, 2.24) is 24.1 Å². The van der Waals surface area contributed by atoms with E-state index in [0.29, 0.717) is 12.5 Å². The van der Waals surface area contributed by atoms with Crippen molar-refractivity contribution in [3.05, 3.63) is 103 Å². The van der Waals surface area contributed by atoms with Crippen molar-refractivity contribution in [2.45, 2.75) is 13.1 Å². The predicted molar refractivity (Wildman–Crippen MR) is 123 cm³/mol. The minimum absolute atomic E-state index is 0.535. The van der Waals surface area contributed by atoms with Crippen LogP contribution in [0.5, 0.6) is 0 Å². The van der Waals surface area contributed by atoms with Crippen molar-refractivity contribution in [1.29, 1.82) is 0 Å². The van der Waals surface area contributed by atoms with Gasteiger partial charge in [-0.05, 0) is 41.5 Å². The number of anilines is 1. The van der Waals surface area contributed by atoms with Crippen LogP contribution < -0.4 is 5.32 Å². The van der Waals surface area contributed by atoms with E-state index >= 15 is 0 Å². The number of nitrogens with one attached hydrogen (secondary N) is 1. The molecular weight excluding hydrogens is 400 g/mol. The molecule has 0 radical (unpaired) electrons. The molecule has 0 fully saturated rings. The summed E-state index contributed by atoms with van der Waals surface area (Å²) < 4.78 is 9.52. The van der Waals surface area contributed by atoms with Gasteiger partial charge in [-0.15, -0.1) is 10.2 Å². The van der Waals surface area contributed by atoms with Crippen LogP contribution in [0, 0.1) is 0 Å². The molecular formula is C25H20N6O. The van der Waals surface area contributed by atoms with Gasteiger partial charge in [0.1, 0.15) is 12.1 Å². The van der Waals surface area contributed by atoms with E-state index in [4.69, 9.17) is 4.42 Å². The van der Waals surface area contributed by atoms with E-state index in [1.165, 1.54) is 16.5 Å². The average molecular weight is 420 g/mol. The number of aromatic nitrogens is 5. The molecule has 6 rings (SSSR count). The third-order valence-electron chi connectivity index (χ3n) is 5.61. The molecule has 0 spiro atoms. The number of nitrogens with zero attached hydrogens (tertiary/aromatic N) is 5. The van der Waals surface area contributed by atoms with Crippen molar-refractivity contribution in [3.63, 3.8) is 0 Å². The quantitative estimate of drug-likeness (QED) is 0.411. The molecule has 7 nitrogen and oxygen atoms in total. The van der Waals surface area contributed by atoms with Gasteiger partial charge in [-0.1, -0.05) is 36.4 Å². The zero-order valence-electron chi connectivity index (χ0n) is 17.2. The summed E-state index contributed by atoms with van der Waals surface area (Å²) in [6, 6.07) is 22.9. The Morgan fingerprint density at radius 1 is 0.969 bits per heavy atom. The van der Waals surface area contributed by atoms with E-state index in [0.717, 1.165) is 29.1 Å². The number of fused-ring (bicyclic) bond motifs is 2. The Morgan fingerprint density at radius 2 is 1.91 bits per heavy atom. The first-order valence-corrected chi connectivity index (χ1v) is 10.4.